The first-order chi connectivity index (χ1) is 20.2. The Kier molecular flexibility index (Phi) is 8.03. The van der Waals surface area contributed by atoms with Crippen molar-refractivity contribution in [3.05, 3.63) is 52.6 Å². The maximum absolute atomic E-state index is 13.0. The van der Waals surface area contributed by atoms with Gasteiger partial charge in [-0.1, -0.05) is 30.3 Å². The van der Waals surface area contributed by atoms with E-state index >= 15 is 0 Å². The topological polar surface area (TPSA) is 85.2 Å². The summed E-state index contributed by atoms with van der Waals surface area (Å²) < 4.78 is 12.2. The summed E-state index contributed by atoms with van der Waals surface area (Å²) in [7, 11) is 2.14. The fourth-order valence-electron chi connectivity index (χ4n) is 7.14. The van der Waals surface area contributed by atoms with E-state index in [0.29, 0.717) is 43.7 Å². The third kappa shape index (κ3) is 5.93. The molecule has 1 amide bonds. The van der Waals surface area contributed by atoms with Crippen molar-refractivity contribution in [2.45, 2.75) is 89.7 Å². The molecule has 0 aliphatic carbocycles. The van der Waals surface area contributed by atoms with Gasteiger partial charge < -0.3 is 24.2 Å². The monoisotopic (exact) mass is 572 g/mol. The van der Waals surface area contributed by atoms with Crippen LogP contribution in [0.3, 0.4) is 0 Å². The maximum Gasteiger partial charge on any atom is 0.410 e. The summed E-state index contributed by atoms with van der Waals surface area (Å²) in [5.41, 5.74) is 3.54. The van der Waals surface area contributed by atoms with Crippen molar-refractivity contribution in [3.63, 3.8) is 0 Å². The largest absolute Gasteiger partial charge is 0.475 e. The van der Waals surface area contributed by atoms with Gasteiger partial charge in [0.2, 0.25) is 5.88 Å². The Morgan fingerprint density at radius 1 is 1.07 bits per heavy atom. The Bertz CT molecular complexity index is 1320. The van der Waals surface area contributed by atoms with Gasteiger partial charge in [-0.25, -0.2) is 4.79 Å². The molecule has 2 unspecified atom stereocenters. The van der Waals surface area contributed by atoms with Crippen LogP contribution < -0.4 is 9.64 Å². The molecule has 9 heteroatoms. The van der Waals surface area contributed by atoms with Gasteiger partial charge in [0.1, 0.15) is 29.7 Å². The summed E-state index contributed by atoms with van der Waals surface area (Å²) >= 11 is 0. The van der Waals surface area contributed by atoms with Gasteiger partial charge in [-0.3, -0.25) is 4.90 Å². The molecule has 3 atom stereocenters. The third-order valence-electron chi connectivity index (χ3n) is 9.24. The molecule has 224 valence electrons. The highest BCUT2D eigenvalue weighted by atomic mass is 16.6. The van der Waals surface area contributed by atoms with Gasteiger partial charge in [-0.05, 0) is 77.6 Å². The lowest BCUT2D eigenvalue weighted by Crippen LogP contribution is -2.56. The number of carbonyl (C=O) groups excluding carboxylic acids is 1. The van der Waals surface area contributed by atoms with Crippen molar-refractivity contribution in [2.24, 2.45) is 0 Å². The maximum atomic E-state index is 13.0. The molecule has 4 aliphatic rings. The number of likely N-dealkylation sites (N-methyl/N-ethyl adjacent to an activating group) is 1. The van der Waals surface area contributed by atoms with Crippen LogP contribution in [0.5, 0.6) is 5.88 Å². The van der Waals surface area contributed by atoms with Crippen LogP contribution in [0.25, 0.3) is 0 Å². The predicted molar refractivity (Wildman–Crippen MR) is 161 cm³/mol. The number of hydrogen-bond donors (Lipinski definition) is 0. The zero-order chi connectivity index (χ0) is 29.4. The Hall–Kier alpha value is -3.35. The molecular weight excluding hydrogens is 528 g/mol. The SMILES string of the molecule is CN1CCC[C@H]1COc1nc(N2C3CCC2CN(C(=O)OC(C)(C)C)C3)c2c(c1C#N)CN(Cc1ccccc1)CC2. The van der Waals surface area contributed by atoms with Crippen LogP contribution in [0, 0.1) is 11.3 Å². The highest BCUT2D eigenvalue weighted by molar-refractivity contribution is 5.70. The molecule has 3 fully saturated rings. The Morgan fingerprint density at radius 2 is 1.81 bits per heavy atom. The fourth-order valence-corrected chi connectivity index (χ4v) is 7.14. The van der Waals surface area contributed by atoms with Crippen molar-refractivity contribution < 1.29 is 14.3 Å². The number of fused-ring (bicyclic) bond motifs is 3. The van der Waals surface area contributed by atoms with E-state index in [1.54, 1.807) is 0 Å². The third-order valence-corrected chi connectivity index (χ3v) is 9.24. The lowest BCUT2D eigenvalue weighted by molar-refractivity contribution is 0.0209. The second-order valence-corrected chi connectivity index (χ2v) is 13.4. The van der Waals surface area contributed by atoms with Gasteiger partial charge in [0, 0.05) is 56.4 Å². The number of anilines is 1. The minimum atomic E-state index is -0.522. The summed E-state index contributed by atoms with van der Waals surface area (Å²) in [6.07, 6.45) is 4.86. The van der Waals surface area contributed by atoms with Gasteiger partial charge in [-0.15, -0.1) is 0 Å². The number of rotatable bonds is 6. The molecule has 6 rings (SSSR count). The summed E-state index contributed by atoms with van der Waals surface area (Å²) in [5, 5.41) is 10.4. The van der Waals surface area contributed by atoms with E-state index in [9.17, 15) is 10.1 Å². The average Bonchev–Trinajstić information content (AvgIpc) is 3.48. The number of aromatic nitrogens is 1. The number of nitrogens with zero attached hydrogens (tertiary/aromatic N) is 6. The van der Waals surface area contributed by atoms with Crippen molar-refractivity contribution in [2.75, 3.05) is 44.7 Å². The molecule has 2 bridgehead atoms. The van der Waals surface area contributed by atoms with Crippen LogP contribution in [-0.4, -0.2) is 89.3 Å². The molecule has 9 nitrogen and oxygen atoms in total. The number of ether oxygens (including phenoxy) is 2. The summed E-state index contributed by atoms with van der Waals surface area (Å²) in [6, 6.07) is 13.7. The summed E-state index contributed by atoms with van der Waals surface area (Å²) in [4.78, 5) is 27.2. The molecular formula is C33H44N6O3. The van der Waals surface area contributed by atoms with Gasteiger partial charge in [0.05, 0.1) is 0 Å². The minimum Gasteiger partial charge on any atom is -0.475 e. The Balaban J connectivity index is 1.31. The zero-order valence-electron chi connectivity index (χ0n) is 25.5. The van der Waals surface area contributed by atoms with E-state index in [1.807, 2.05) is 31.7 Å². The van der Waals surface area contributed by atoms with Crippen molar-refractivity contribution in [1.29, 1.82) is 5.26 Å². The Labute approximate surface area is 250 Å². The molecule has 0 saturated carbocycles. The summed E-state index contributed by atoms with van der Waals surface area (Å²) in [6.45, 7) is 11.0. The normalized spacial score (nSPS) is 24.4. The Morgan fingerprint density at radius 3 is 2.45 bits per heavy atom. The first-order valence-corrected chi connectivity index (χ1v) is 15.5. The molecule has 1 aromatic heterocycles. The van der Waals surface area contributed by atoms with Gasteiger partial charge in [0.15, 0.2) is 0 Å². The van der Waals surface area contributed by atoms with E-state index < -0.39 is 5.60 Å². The van der Waals surface area contributed by atoms with Gasteiger partial charge in [-0.2, -0.15) is 10.2 Å². The number of hydrogen-bond acceptors (Lipinski definition) is 8. The molecule has 42 heavy (non-hydrogen) atoms. The van der Waals surface area contributed by atoms with Gasteiger partial charge in [0.25, 0.3) is 0 Å². The molecule has 4 aliphatic heterocycles. The van der Waals surface area contributed by atoms with E-state index in [4.69, 9.17) is 14.5 Å². The van der Waals surface area contributed by atoms with Crippen LogP contribution in [0.4, 0.5) is 10.6 Å². The summed E-state index contributed by atoms with van der Waals surface area (Å²) in [5.74, 6) is 1.41. The number of nitriles is 1. The van der Waals surface area contributed by atoms with Crippen molar-refractivity contribution >= 4 is 11.9 Å². The van der Waals surface area contributed by atoms with E-state index in [2.05, 4.69) is 52.1 Å². The molecule has 0 spiro atoms. The number of carbonyl (C=O) groups is 1. The molecule has 3 saturated heterocycles. The standard InChI is InChI=1S/C33H44N6O3/c1-33(2,3)42-32(40)38-19-24-12-13-25(20-38)39(24)30-27-14-16-37(18-23-9-6-5-7-10-23)21-29(27)28(17-34)31(35-30)41-22-26-11-8-15-36(26)4/h5-7,9-10,24-26H,8,11-16,18-22H2,1-4H3/t24?,25?,26-/m0/s1. The highest BCUT2D eigenvalue weighted by Gasteiger charge is 2.45. The molecule has 0 N–H and O–H groups in total. The molecule has 2 aromatic rings. The number of pyridine rings is 1. The average molecular weight is 573 g/mol. The first-order valence-electron chi connectivity index (χ1n) is 15.5. The van der Waals surface area contributed by atoms with E-state index in [0.717, 1.165) is 63.1 Å². The van der Waals surface area contributed by atoms with Crippen LogP contribution in [0.15, 0.2) is 30.3 Å². The van der Waals surface area contributed by atoms with Crippen LogP contribution in [-0.2, 0) is 24.2 Å². The minimum absolute atomic E-state index is 0.164. The van der Waals surface area contributed by atoms with Crippen LogP contribution in [0.2, 0.25) is 0 Å². The number of amides is 1. The molecule has 0 radical (unpaired) electrons. The highest BCUT2D eigenvalue weighted by Crippen LogP contribution is 2.41. The van der Waals surface area contributed by atoms with Crippen molar-refractivity contribution in [3.8, 4) is 11.9 Å². The second kappa shape index (κ2) is 11.7. The van der Waals surface area contributed by atoms with E-state index in [1.165, 1.54) is 11.1 Å². The van der Waals surface area contributed by atoms with Gasteiger partial charge >= 0.3 is 6.09 Å². The quantitative estimate of drug-likeness (QED) is 0.498. The number of likely N-dealkylation sites (tertiary alicyclic amines) is 2. The smallest absolute Gasteiger partial charge is 0.410 e. The number of benzene rings is 1. The lowest BCUT2D eigenvalue weighted by atomic mass is 9.94. The van der Waals surface area contributed by atoms with E-state index in [-0.39, 0.29) is 18.2 Å². The molecule has 1 aromatic carbocycles. The van der Waals surface area contributed by atoms with Crippen LogP contribution >= 0.6 is 0 Å². The second-order valence-electron chi connectivity index (χ2n) is 13.4. The molecule has 5 heterocycles. The van der Waals surface area contributed by atoms with Crippen LogP contribution in [0.1, 0.15) is 68.7 Å². The zero-order valence-corrected chi connectivity index (χ0v) is 25.5. The lowest BCUT2D eigenvalue weighted by Gasteiger charge is -2.43. The first kappa shape index (κ1) is 28.8. The van der Waals surface area contributed by atoms with Crippen molar-refractivity contribution in [1.82, 2.24) is 19.7 Å². The fraction of sp³-hybridized carbons (Fsp3) is 0.606. The predicted octanol–water partition coefficient (Wildman–Crippen LogP) is 4.57. The number of piperazine rings is 1.